The second kappa shape index (κ2) is 9.79. The van der Waals surface area contributed by atoms with Gasteiger partial charge in [-0.1, -0.05) is 79.7 Å². The number of nitrogens with one attached hydrogen (secondary N) is 1. The highest BCUT2D eigenvalue weighted by Gasteiger charge is 2.43. The van der Waals surface area contributed by atoms with Crippen LogP contribution >= 0.6 is 0 Å². The lowest BCUT2D eigenvalue weighted by Gasteiger charge is -2.42. The van der Waals surface area contributed by atoms with Gasteiger partial charge in [0.15, 0.2) is 0 Å². The molecule has 32 heavy (non-hydrogen) atoms. The van der Waals surface area contributed by atoms with E-state index in [0.717, 1.165) is 28.7 Å². The molecule has 2 N–H and O–H groups in total. The molecule has 0 fully saturated rings. The van der Waals surface area contributed by atoms with Crippen molar-refractivity contribution in [2.45, 2.75) is 38.5 Å². The number of nitrogens with zero attached hydrogens (tertiary/aromatic N) is 1. The van der Waals surface area contributed by atoms with Crippen LogP contribution in [0.3, 0.4) is 0 Å². The second-order valence-electron chi connectivity index (χ2n) is 8.12. The van der Waals surface area contributed by atoms with E-state index in [9.17, 15) is 14.7 Å². The third-order valence-electron chi connectivity index (χ3n) is 5.97. The summed E-state index contributed by atoms with van der Waals surface area (Å²) in [6.07, 6.45) is 0.836. The molecule has 4 rings (SSSR count). The molecule has 1 aliphatic rings. The second-order valence-corrected chi connectivity index (χ2v) is 8.12. The fraction of sp³-hybridized carbons (Fsp3) is 0.259. The molecule has 2 atom stereocenters. The Morgan fingerprint density at radius 3 is 2.31 bits per heavy atom. The van der Waals surface area contributed by atoms with Crippen molar-refractivity contribution in [3.8, 4) is 0 Å². The summed E-state index contributed by atoms with van der Waals surface area (Å²) in [6.45, 7) is 2.95. The highest BCUT2D eigenvalue weighted by molar-refractivity contribution is 6.01. The number of aliphatic hydroxyl groups excluding tert-OH is 1. The number of aliphatic hydroxyl groups is 1. The third-order valence-corrected chi connectivity index (χ3v) is 5.97. The van der Waals surface area contributed by atoms with Crippen molar-refractivity contribution in [1.82, 2.24) is 10.2 Å². The SMILES string of the molecule is CCCNC(=O)[C@@H]1c2ccccc2C(=O)N(Cc2ccccc2)[C@H]1c1ccc(CO)cc1. The van der Waals surface area contributed by atoms with Gasteiger partial charge in [-0.25, -0.2) is 0 Å². The molecule has 0 saturated heterocycles. The van der Waals surface area contributed by atoms with Crippen LogP contribution in [0.5, 0.6) is 0 Å². The van der Waals surface area contributed by atoms with Crippen molar-refractivity contribution >= 4 is 11.8 Å². The van der Waals surface area contributed by atoms with Crippen LogP contribution < -0.4 is 5.32 Å². The Morgan fingerprint density at radius 1 is 0.938 bits per heavy atom. The molecule has 0 aromatic heterocycles. The van der Waals surface area contributed by atoms with Crippen LogP contribution in [0.4, 0.5) is 0 Å². The molecule has 5 nitrogen and oxygen atoms in total. The van der Waals surface area contributed by atoms with Crippen LogP contribution in [-0.2, 0) is 17.9 Å². The summed E-state index contributed by atoms with van der Waals surface area (Å²) in [6, 6.07) is 24.3. The predicted molar refractivity (Wildman–Crippen MR) is 124 cm³/mol. The molecule has 0 aliphatic carbocycles. The lowest BCUT2D eigenvalue weighted by atomic mass is 9.78. The lowest BCUT2D eigenvalue weighted by molar-refractivity contribution is -0.124. The molecule has 0 bridgehead atoms. The van der Waals surface area contributed by atoms with Gasteiger partial charge in [0.2, 0.25) is 5.91 Å². The fourth-order valence-corrected chi connectivity index (χ4v) is 4.38. The van der Waals surface area contributed by atoms with E-state index in [0.29, 0.717) is 18.7 Å². The Bertz CT molecular complexity index is 1080. The molecule has 1 aliphatic heterocycles. The zero-order valence-corrected chi connectivity index (χ0v) is 18.2. The van der Waals surface area contributed by atoms with E-state index in [1.165, 1.54) is 0 Å². The van der Waals surface area contributed by atoms with Gasteiger partial charge in [0.05, 0.1) is 18.6 Å². The van der Waals surface area contributed by atoms with E-state index in [1.807, 2.05) is 84.6 Å². The average molecular weight is 429 g/mol. The van der Waals surface area contributed by atoms with Crippen molar-refractivity contribution in [2.24, 2.45) is 0 Å². The van der Waals surface area contributed by atoms with E-state index < -0.39 is 12.0 Å². The zero-order chi connectivity index (χ0) is 22.5. The van der Waals surface area contributed by atoms with Crippen molar-refractivity contribution in [3.63, 3.8) is 0 Å². The monoisotopic (exact) mass is 428 g/mol. The molecule has 0 radical (unpaired) electrons. The molecule has 1 heterocycles. The van der Waals surface area contributed by atoms with E-state index in [1.54, 1.807) is 6.07 Å². The first-order valence-corrected chi connectivity index (χ1v) is 11.0. The van der Waals surface area contributed by atoms with Gasteiger partial charge >= 0.3 is 0 Å². The van der Waals surface area contributed by atoms with Crippen molar-refractivity contribution < 1.29 is 14.7 Å². The van der Waals surface area contributed by atoms with Crippen LogP contribution in [0.25, 0.3) is 0 Å². The molecule has 0 spiro atoms. The molecule has 3 aromatic rings. The molecule has 2 amide bonds. The summed E-state index contributed by atoms with van der Waals surface area (Å²) in [5.74, 6) is -0.694. The van der Waals surface area contributed by atoms with Crippen molar-refractivity contribution in [1.29, 1.82) is 0 Å². The number of hydrogen-bond acceptors (Lipinski definition) is 3. The summed E-state index contributed by atoms with van der Waals surface area (Å²) in [4.78, 5) is 28.9. The zero-order valence-electron chi connectivity index (χ0n) is 18.2. The van der Waals surface area contributed by atoms with Gasteiger partial charge in [-0.3, -0.25) is 9.59 Å². The van der Waals surface area contributed by atoms with E-state index in [4.69, 9.17) is 0 Å². The molecule has 164 valence electrons. The number of fused-ring (bicyclic) bond motifs is 1. The van der Waals surface area contributed by atoms with Crippen LogP contribution in [0.2, 0.25) is 0 Å². The summed E-state index contributed by atoms with van der Waals surface area (Å²) < 4.78 is 0. The summed E-state index contributed by atoms with van der Waals surface area (Å²) in [5.41, 5.74) is 4.00. The smallest absolute Gasteiger partial charge is 0.255 e. The third kappa shape index (κ3) is 4.30. The van der Waals surface area contributed by atoms with Crippen molar-refractivity contribution in [2.75, 3.05) is 6.54 Å². The molecular formula is C27H28N2O3. The lowest BCUT2D eigenvalue weighted by Crippen LogP contribution is -2.47. The molecule has 0 saturated carbocycles. The minimum absolute atomic E-state index is 0.0547. The van der Waals surface area contributed by atoms with Gasteiger partial charge < -0.3 is 15.3 Å². The number of carbonyl (C=O) groups excluding carboxylic acids is 2. The molecular weight excluding hydrogens is 400 g/mol. The fourth-order valence-electron chi connectivity index (χ4n) is 4.38. The van der Waals surface area contributed by atoms with Gasteiger partial charge in [-0.05, 0) is 34.7 Å². The highest BCUT2D eigenvalue weighted by atomic mass is 16.3. The van der Waals surface area contributed by atoms with E-state index in [2.05, 4.69) is 5.32 Å². The van der Waals surface area contributed by atoms with E-state index in [-0.39, 0.29) is 18.4 Å². The van der Waals surface area contributed by atoms with Crippen LogP contribution in [-0.4, -0.2) is 28.4 Å². The minimum atomic E-state index is -0.529. The maximum atomic E-state index is 13.7. The maximum Gasteiger partial charge on any atom is 0.255 e. The first-order valence-electron chi connectivity index (χ1n) is 11.0. The van der Waals surface area contributed by atoms with Gasteiger partial charge in [-0.2, -0.15) is 0 Å². The number of carbonyl (C=O) groups is 2. The Kier molecular flexibility index (Phi) is 6.66. The summed E-state index contributed by atoms with van der Waals surface area (Å²) in [5, 5.41) is 12.5. The Hall–Kier alpha value is -3.44. The first kappa shape index (κ1) is 21.8. The Morgan fingerprint density at radius 2 is 1.62 bits per heavy atom. The normalized spacial score (nSPS) is 17.7. The highest BCUT2D eigenvalue weighted by Crippen LogP contribution is 2.43. The minimum Gasteiger partial charge on any atom is -0.392 e. The van der Waals surface area contributed by atoms with E-state index >= 15 is 0 Å². The number of benzene rings is 3. The molecule has 0 unspecified atom stereocenters. The van der Waals surface area contributed by atoms with Crippen molar-refractivity contribution in [3.05, 3.63) is 107 Å². The quantitative estimate of drug-likeness (QED) is 0.593. The van der Waals surface area contributed by atoms with Crippen LogP contribution in [0.15, 0.2) is 78.9 Å². The topological polar surface area (TPSA) is 69.6 Å². The number of amides is 2. The summed E-state index contributed by atoms with van der Waals surface area (Å²) in [7, 11) is 0. The molecule has 5 heteroatoms. The Labute approximate surface area is 188 Å². The van der Waals surface area contributed by atoms with Gasteiger partial charge in [0.25, 0.3) is 5.91 Å². The molecule has 3 aromatic carbocycles. The van der Waals surface area contributed by atoms with Gasteiger partial charge in [0.1, 0.15) is 0 Å². The number of hydrogen-bond donors (Lipinski definition) is 2. The number of rotatable bonds is 7. The van der Waals surface area contributed by atoms with Crippen LogP contribution in [0.1, 0.15) is 57.9 Å². The average Bonchev–Trinajstić information content (AvgIpc) is 2.84. The van der Waals surface area contributed by atoms with Crippen LogP contribution in [0, 0.1) is 0 Å². The largest absolute Gasteiger partial charge is 0.392 e. The maximum absolute atomic E-state index is 13.7. The first-order chi connectivity index (χ1) is 15.6. The van der Waals surface area contributed by atoms with Gasteiger partial charge in [-0.15, -0.1) is 0 Å². The predicted octanol–water partition coefficient (Wildman–Crippen LogP) is 4.19. The standard InChI is InChI=1S/C27H28N2O3/c1-2-16-28-26(31)24-22-10-6-7-11-23(22)27(32)29(17-19-8-4-3-5-9-19)25(24)21-14-12-20(18-30)13-15-21/h3-15,24-25,30H,2,16-18H2,1H3,(H,28,31)/t24-,25+/m1/s1. The summed E-state index contributed by atoms with van der Waals surface area (Å²) >= 11 is 0. The Balaban J connectivity index is 1.85. The van der Waals surface area contributed by atoms with Gasteiger partial charge in [0, 0.05) is 18.7 Å².